The van der Waals surface area contributed by atoms with Gasteiger partial charge in [-0.2, -0.15) is 0 Å². The minimum atomic E-state index is -0.312. The Morgan fingerprint density at radius 3 is 2.72 bits per heavy atom. The molecule has 0 aliphatic carbocycles. The van der Waals surface area contributed by atoms with Crippen LogP contribution in [0, 0.1) is 11.6 Å². The monoisotopic (exact) mass is 431 g/mol. The highest BCUT2D eigenvalue weighted by Gasteiger charge is 2.27. The molecule has 0 bridgehead atoms. The summed E-state index contributed by atoms with van der Waals surface area (Å²) in [6.07, 6.45) is 1.83. The molecule has 8 heteroatoms. The van der Waals surface area contributed by atoms with E-state index in [1.165, 1.54) is 41.3 Å². The van der Waals surface area contributed by atoms with E-state index in [4.69, 9.17) is 0 Å². The van der Waals surface area contributed by atoms with E-state index in [9.17, 15) is 13.6 Å². The lowest BCUT2D eigenvalue weighted by Gasteiger charge is -2.31. The van der Waals surface area contributed by atoms with Crippen LogP contribution in [0.25, 0.3) is 10.6 Å². The second kappa shape index (κ2) is 9.00. The Kier molecular flexibility index (Phi) is 6.20. The molecule has 1 saturated heterocycles. The SMILES string of the molecule is O=C(CSc1ccc(F)cc1)N1CCC[C@H](c2nnc(-c3ccccc3F)s2)C1. The van der Waals surface area contributed by atoms with Crippen molar-refractivity contribution in [1.29, 1.82) is 0 Å². The van der Waals surface area contributed by atoms with Crippen LogP contribution in [0.4, 0.5) is 8.78 Å². The van der Waals surface area contributed by atoms with Crippen LogP contribution in [0.15, 0.2) is 53.4 Å². The van der Waals surface area contributed by atoms with Crippen molar-refractivity contribution in [3.8, 4) is 10.6 Å². The molecule has 150 valence electrons. The molecule has 1 fully saturated rings. The molecule has 4 nitrogen and oxygen atoms in total. The van der Waals surface area contributed by atoms with Crippen molar-refractivity contribution in [3.63, 3.8) is 0 Å². The van der Waals surface area contributed by atoms with E-state index in [1.54, 1.807) is 30.3 Å². The number of benzene rings is 2. The van der Waals surface area contributed by atoms with Gasteiger partial charge in [-0.3, -0.25) is 4.79 Å². The molecule has 1 amide bonds. The summed E-state index contributed by atoms with van der Waals surface area (Å²) in [5.74, 6) is -0.112. The van der Waals surface area contributed by atoms with Crippen LogP contribution in [0.1, 0.15) is 23.8 Å². The van der Waals surface area contributed by atoms with Crippen molar-refractivity contribution in [2.75, 3.05) is 18.8 Å². The molecule has 4 rings (SSSR count). The highest BCUT2D eigenvalue weighted by atomic mass is 32.2. The molecule has 2 heterocycles. The Labute approximate surface area is 176 Å². The standard InChI is InChI=1S/C21H19F2N3OS2/c22-15-7-9-16(10-8-15)28-13-19(27)26-11-3-4-14(12-26)20-24-25-21(29-20)17-5-1-2-6-18(17)23/h1-2,5-10,14H,3-4,11-13H2/t14-/m0/s1. The number of carbonyl (C=O) groups is 1. The average molecular weight is 432 g/mol. The summed E-state index contributed by atoms with van der Waals surface area (Å²) in [6, 6.07) is 12.7. The van der Waals surface area contributed by atoms with Gasteiger partial charge in [0.05, 0.1) is 5.75 Å². The van der Waals surface area contributed by atoms with Crippen molar-refractivity contribution in [1.82, 2.24) is 15.1 Å². The largest absolute Gasteiger partial charge is 0.341 e. The third kappa shape index (κ3) is 4.82. The molecule has 0 radical (unpaired) electrons. The third-order valence-corrected chi connectivity index (χ3v) is 6.96. The van der Waals surface area contributed by atoms with Crippen LogP contribution in [0.2, 0.25) is 0 Å². The van der Waals surface area contributed by atoms with Gasteiger partial charge in [0.15, 0.2) is 5.01 Å². The summed E-state index contributed by atoms with van der Waals surface area (Å²) in [7, 11) is 0. The van der Waals surface area contributed by atoms with E-state index in [1.807, 2.05) is 4.90 Å². The molecule has 29 heavy (non-hydrogen) atoms. The zero-order valence-electron chi connectivity index (χ0n) is 15.6. The first-order valence-electron chi connectivity index (χ1n) is 9.34. The lowest BCUT2D eigenvalue weighted by atomic mass is 9.99. The van der Waals surface area contributed by atoms with E-state index >= 15 is 0 Å². The van der Waals surface area contributed by atoms with E-state index in [2.05, 4.69) is 10.2 Å². The molecule has 3 aromatic rings. The summed E-state index contributed by atoms with van der Waals surface area (Å²) < 4.78 is 27.0. The number of piperidine rings is 1. The summed E-state index contributed by atoms with van der Waals surface area (Å²) in [5.41, 5.74) is 0.454. The first-order chi connectivity index (χ1) is 14.1. The molecule has 1 aliphatic heterocycles. The van der Waals surface area contributed by atoms with Gasteiger partial charge in [0.25, 0.3) is 0 Å². The van der Waals surface area contributed by atoms with Crippen molar-refractivity contribution in [2.24, 2.45) is 0 Å². The summed E-state index contributed by atoms with van der Waals surface area (Å²) >= 11 is 2.80. The zero-order valence-corrected chi connectivity index (χ0v) is 17.2. The maximum absolute atomic E-state index is 14.0. The average Bonchev–Trinajstić information content (AvgIpc) is 3.23. The first kappa shape index (κ1) is 20.0. The topological polar surface area (TPSA) is 46.1 Å². The summed E-state index contributed by atoms with van der Waals surface area (Å²) in [4.78, 5) is 15.4. The Morgan fingerprint density at radius 1 is 1.14 bits per heavy atom. The summed E-state index contributed by atoms with van der Waals surface area (Å²) in [5, 5.41) is 9.84. The normalized spacial score (nSPS) is 16.8. The van der Waals surface area contributed by atoms with Crippen molar-refractivity contribution in [3.05, 3.63) is 65.2 Å². The lowest BCUT2D eigenvalue weighted by Crippen LogP contribution is -2.40. The van der Waals surface area contributed by atoms with E-state index in [-0.39, 0.29) is 23.5 Å². The number of halogens is 2. The number of aromatic nitrogens is 2. The predicted molar refractivity (Wildman–Crippen MR) is 111 cm³/mol. The van der Waals surface area contributed by atoms with E-state index in [0.29, 0.717) is 22.9 Å². The van der Waals surface area contributed by atoms with Crippen LogP contribution >= 0.6 is 23.1 Å². The van der Waals surface area contributed by atoms with Gasteiger partial charge in [0.2, 0.25) is 5.91 Å². The molecule has 2 aromatic carbocycles. The van der Waals surface area contributed by atoms with Gasteiger partial charge in [-0.15, -0.1) is 22.0 Å². The zero-order chi connectivity index (χ0) is 20.2. The number of nitrogens with zero attached hydrogens (tertiary/aromatic N) is 3. The smallest absolute Gasteiger partial charge is 0.232 e. The fourth-order valence-corrected chi connectivity index (χ4v) is 5.11. The van der Waals surface area contributed by atoms with Crippen molar-refractivity contribution < 1.29 is 13.6 Å². The summed E-state index contributed by atoms with van der Waals surface area (Å²) in [6.45, 7) is 1.31. The van der Waals surface area contributed by atoms with Crippen LogP contribution in [0.5, 0.6) is 0 Å². The minimum absolute atomic E-state index is 0.0582. The number of likely N-dealkylation sites (tertiary alicyclic amines) is 1. The molecular weight excluding hydrogens is 412 g/mol. The third-order valence-electron chi connectivity index (χ3n) is 4.84. The maximum Gasteiger partial charge on any atom is 0.232 e. The number of hydrogen-bond donors (Lipinski definition) is 0. The molecule has 0 spiro atoms. The van der Waals surface area contributed by atoms with Gasteiger partial charge in [-0.25, -0.2) is 8.78 Å². The molecule has 0 unspecified atom stereocenters. The fourth-order valence-electron chi connectivity index (χ4n) is 3.32. The van der Waals surface area contributed by atoms with E-state index < -0.39 is 0 Å². The molecule has 0 N–H and O–H groups in total. The second-order valence-electron chi connectivity index (χ2n) is 6.85. The highest BCUT2D eigenvalue weighted by molar-refractivity contribution is 8.00. The minimum Gasteiger partial charge on any atom is -0.341 e. The van der Waals surface area contributed by atoms with Crippen LogP contribution in [0.3, 0.4) is 0 Å². The number of thioether (sulfide) groups is 1. The van der Waals surface area contributed by atoms with Gasteiger partial charge in [-0.05, 0) is 49.2 Å². The number of rotatable bonds is 5. The van der Waals surface area contributed by atoms with Crippen molar-refractivity contribution >= 4 is 29.0 Å². The Hall–Kier alpha value is -2.32. The Balaban J connectivity index is 1.39. The van der Waals surface area contributed by atoms with Gasteiger partial charge in [0, 0.05) is 29.5 Å². The van der Waals surface area contributed by atoms with Crippen LogP contribution in [-0.2, 0) is 4.79 Å². The quantitative estimate of drug-likeness (QED) is 0.535. The lowest BCUT2D eigenvalue weighted by molar-refractivity contribution is -0.129. The maximum atomic E-state index is 14.0. The molecule has 0 saturated carbocycles. The fraction of sp³-hybridized carbons (Fsp3) is 0.286. The molecular formula is C21H19F2N3OS2. The van der Waals surface area contributed by atoms with Gasteiger partial charge in [-0.1, -0.05) is 23.5 Å². The van der Waals surface area contributed by atoms with Crippen molar-refractivity contribution in [2.45, 2.75) is 23.7 Å². The molecule has 1 atom stereocenters. The number of amides is 1. The Bertz CT molecular complexity index is 994. The van der Waals surface area contributed by atoms with Crippen LogP contribution in [-0.4, -0.2) is 39.8 Å². The van der Waals surface area contributed by atoms with Gasteiger partial charge < -0.3 is 4.90 Å². The molecule has 1 aliphatic rings. The predicted octanol–water partition coefficient (Wildman–Crippen LogP) is 4.98. The van der Waals surface area contributed by atoms with Gasteiger partial charge in [0.1, 0.15) is 16.6 Å². The molecule has 1 aromatic heterocycles. The number of carbonyl (C=O) groups excluding carboxylic acids is 1. The van der Waals surface area contributed by atoms with Crippen LogP contribution < -0.4 is 0 Å². The van der Waals surface area contributed by atoms with E-state index in [0.717, 1.165) is 29.3 Å². The number of hydrogen-bond acceptors (Lipinski definition) is 5. The highest BCUT2D eigenvalue weighted by Crippen LogP contribution is 2.33. The first-order valence-corrected chi connectivity index (χ1v) is 11.1. The Morgan fingerprint density at radius 2 is 1.93 bits per heavy atom. The second-order valence-corrected chi connectivity index (χ2v) is 8.90. The van der Waals surface area contributed by atoms with Gasteiger partial charge >= 0.3 is 0 Å².